The first kappa shape index (κ1) is 17.2. The molecule has 5 nitrogen and oxygen atoms in total. The minimum atomic E-state index is -0.302. The zero-order valence-corrected chi connectivity index (χ0v) is 14.7. The number of carbonyl (C=O) groups is 1. The lowest BCUT2D eigenvalue weighted by Gasteiger charge is -2.14. The van der Waals surface area contributed by atoms with Gasteiger partial charge in [0.2, 0.25) is 17.7 Å². The first-order valence-corrected chi connectivity index (χ1v) is 8.31. The number of aryl methyl sites for hydroxylation is 2. The third-order valence-corrected chi connectivity index (χ3v) is 4.29. The molecule has 0 radical (unpaired) electrons. The number of nitrogens with one attached hydrogen (secondary N) is 1. The van der Waals surface area contributed by atoms with Gasteiger partial charge in [0, 0.05) is 24.1 Å². The lowest BCUT2D eigenvalue weighted by atomic mass is 9.95. The Bertz CT molecular complexity index is 877. The average Bonchev–Trinajstić information content (AvgIpc) is 3.03. The van der Waals surface area contributed by atoms with Crippen LogP contribution < -0.4 is 5.32 Å². The van der Waals surface area contributed by atoms with Gasteiger partial charge in [0.1, 0.15) is 0 Å². The van der Waals surface area contributed by atoms with Gasteiger partial charge in [0.25, 0.3) is 0 Å². The number of hydrogen-bond donors (Lipinski definition) is 1. The highest BCUT2D eigenvalue weighted by Crippen LogP contribution is 2.28. The molecule has 6 heteroatoms. The summed E-state index contributed by atoms with van der Waals surface area (Å²) in [6.45, 7) is 3.64. The smallest absolute Gasteiger partial charge is 0.225 e. The Morgan fingerprint density at radius 2 is 1.92 bits per heavy atom. The van der Waals surface area contributed by atoms with Crippen molar-refractivity contribution in [1.82, 2.24) is 10.2 Å². The highest BCUT2D eigenvalue weighted by atomic mass is 35.5. The minimum absolute atomic E-state index is 0.148. The second-order valence-electron chi connectivity index (χ2n) is 5.84. The van der Waals surface area contributed by atoms with Crippen LogP contribution in [0.25, 0.3) is 0 Å². The predicted octanol–water partition coefficient (Wildman–Crippen LogP) is 4.50. The van der Waals surface area contributed by atoms with Gasteiger partial charge >= 0.3 is 0 Å². The summed E-state index contributed by atoms with van der Waals surface area (Å²) < 4.78 is 5.56. The maximum absolute atomic E-state index is 12.5. The fourth-order valence-corrected chi connectivity index (χ4v) is 2.73. The van der Waals surface area contributed by atoms with Crippen LogP contribution >= 0.6 is 11.6 Å². The van der Waals surface area contributed by atoms with Crippen molar-refractivity contribution in [3.05, 3.63) is 76.5 Å². The number of anilines is 1. The molecule has 1 N–H and O–H groups in total. The summed E-state index contributed by atoms with van der Waals surface area (Å²) in [5, 5.41) is 11.5. The number of hydrogen-bond acceptors (Lipinski definition) is 4. The lowest BCUT2D eigenvalue weighted by molar-refractivity contribution is -0.116. The van der Waals surface area contributed by atoms with Crippen LogP contribution in [-0.2, 0) is 4.79 Å². The number of benzene rings is 2. The standard InChI is InChI=1S/C19H18ClN3O2/c1-12-8-9-15(10-17(12)20)21-18(24)11-16(14-6-4-3-5-7-14)19-23-22-13(2)25-19/h3-10,16H,11H2,1-2H3,(H,21,24). The van der Waals surface area contributed by atoms with Gasteiger partial charge in [-0.05, 0) is 30.2 Å². The molecule has 0 aliphatic rings. The van der Waals surface area contributed by atoms with Crippen LogP contribution in [0, 0.1) is 13.8 Å². The third kappa shape index (κ3) is 4.25. The Morgan fingerprint density at radius 1 is 1.16 bits per heavy atom. The molecule has 2 aromatic carbocycles. The Hall–Kier alpha value is -2.66. The Morgan fingerprint density at radius 3 is 2.56 bits per heavy atom. The Kier molecular flexibility index (Phi) is 5.14. The summed E-state index contributed by atoms with van der Waals surface area (Å²) in [4.78, 5) is 12.5. The molecule has 0 aliphatic carbocycles. The molecule has 0 saturated carbocycles. The summed E-state index contributed by atoms with van der Waals surface area (Å²) >= 11 is 6.11. The zero-order chi connectivity index (χ0) is 17.8. The van der Waals surface area contributed by atoms with Crippen molar-refractivity contribution < 1.29 is 9.21 Å². The van der Waals surface area contributed by atoms with Crippen molar-refractivity contribution in [2.24, 2.45) is 0 Å². The van der Waals surface area contributed by atoms with E-state index >= 15 is 0 Å². The number of halogens is 1. The van der Waals surface area contributed by atoms with E-state index in [-0.39, 0.29) is 18.2 Å². The van der Waals surface area contributed by atoms with E-state index in [0.717, 1.165) is 11.1 Å². The van der Waals surface area contributed by atoms with Crippen molar-refractivity contribution in [2.75, 3.05) is 5.32 Å². The molecule has 25 heavy (non-hydrogen) atoms. The molecule has 0 saturated heterocycles. The van der Waals surface area contributed by atoms with Crippen LogP contribution in [0.3, 0.4) is 0 Å². The topological polar surface area (TPSA) is 68.0 Å². The normalized spacial score (nSPS) is 12.0. The summed E-state index contributed by atoms with van der Waals surface area (Å²) in [7, 11) is 0. The van der Waals surface area contributed by atoms with E-state index in [4.69, 9.17) is 16.0 Å². The van der Waals surface area contributed by atoms with Crippen molar-refractivity contribution in [2.45, 2.75) is 26.2 Å². The molecule has 128 valence electrons. The van der Waals surface area contributed by atoms with E-state index < -0.39 is 0 Å². The van der Waals surface area contributed by atoms with Gasteiger partial charge in [0.05, 0.1) is 5.92 Å². The number of rotatable bonds is 5. The highest BCUT2D eigenvalue weighted by Gasteiger charge is 2.23. The first-order chi connectivity index (χ1) is 12.0. The predicted molar refractivity (Wildman–Crippen MR) is 96.8 cm³/mol. The first-order valence-electron chi connectivity index (χ1n) is 7.94. The van der Waals surface area contributed by atoms with E-state index in [2.05, 4.69) is 15.5 Å². The zero-order valence-electron chi connectivity index (χ0n) is 14.0. The Labute approximate surface area is 151 Å². The molecule has 1 atom stereocenters. The van der Waals surface area contributed by atoms with Crippen molar-refractivity contribution in [1.29, 1.82) is 0 Å². The summed E-state index contributed by atoms with van der Waals surface area (Å²) in [5.74, 6) is 0.454. The van der Waals surface area contributed by atoms with E-state index in [9.17, 15) is 4.79 Å². The molecule has 0 aliphatic heterocycles. The molecular weight excluding hydrogens is 338 g/mol. The maximum atomic E-state index is 12.5. The van der Waals surface area contributed by atoms with Gasteiger partial charge in [-0.25, -0.2) is 0 Å². The monoisotopic (exact) mass is 355 g/mol. The van der Waals surface area contributed by atoms with E-state index in [1.807, 2.05) is 49.4 Å². The summed E-state index contributed by atoms with van der Waals surface area (Å²) in [6.07, 6.45) is 0.192. The van der Waals surface area contributed by atoms with Crippen LogP contribution in [0.2, 0.25) is 5.02 Å². The number of aromatic nitrogens is 2. The minimum Gasteiger partial charge on any atom is -0.425 e. The summed E-state index contributed by atoms with van der Waals surface area (Å²) in [6, 6.07) is 15.1. The van der Waals surface area contributed by atoms with E-state index in [0.29, 0.717) is 22.5 Å². The van der Waals surface area contributed by atoms with Crippen LogP contribution in [0.5, 0.6) is 0 Å². The second-order valence-corrected chi connectivity index (χ2v) is 6.25. The van der Waals surface area contributed by atoms with Crippen LogP contribution in [0.1, 0.15) is 35.2 Å². The van der Waals surface area contributed by atoms with E-state index in [1.165, 1.54) is 0 Å². The SMILES string of the molecule is Cc1nnc(C(CC(=O)Nc2ccc(C)c(Cl)c2)c2ccccc2)o1. The molecule has 1 heterocycles. The van der Waals surface area contributed by atoms with E-state index in [1.54, 1.807) is 13.0 Å². The molecular formula is C19H18ClN3O2. The molecule has 0 spiro atoms. The lowest BCUT2D eigenvalue weighted by Crippen LogP contribution is -2.16. The maximum Gasteiger partial charge on any atom is 0.225 e. The molecule has 1 amide bonds. The van der Waals surface area contributed by atoms with Crippen LogP contribution in [-0.4, -0.2) is 16.1 Å². The molecule has 3 rings (SSSR count). The number of nitrogens with zero attached hydrogens (tertiary/aromatic N) is 2. The van der Waals surface area contributed by atoms with Crippen molar-refractivity contribution >= 4 is 23.2 Å². The molecule has 1 aromatic heterocycles. The van der Waals surface area contributed by atoms with Gasteiger partial charge in [0.15, 0.2) is 0 Å². The quantitative estimate of drug-likeness (QED) is 0.731. The highest BCUT2D eigenvalue weighted by molar-refractivity contribution is 6.31. The molecule has 3 aromatic rings. The molecule has 0 bridgehead atoms. The fraction of sp³-hybridized carbons (Fsp3) is 0.211. The molecule has 0 fully saturated rings. The fourth-order valence-electron chi connectivity index (χ4n) is 2.55. The van der Waals surface area contributed by atoms with Crippen LogP contribution in [0.4, 0.5) is 5.69 Å². The largest absolute Gasteiger partial charge is 0.425 e. The van der Waals surface area contributed by atoms with Gasteiger partial charge in [-0.15, -0.1) is 10.2 Å². The Balaban J connectivity index is 1.80. The van der Waals surface area contributed by atoms with Gasteiger partial charge in [-0.2, -0.15) is 0 Å². The third-order valence-electron chi connectivity index (χ3n) is 3.89. The van der Waals surface area contributed by atoms with Gasteiger partial charge in [-0.3, -0.25) is 4.79 Å². The van der Waals surface area contributed by atoms with Crippen molar-refractivity contribution in [3.8, 4) is 0 Å². The van der Waals surface area contributed by atoms with Crippen LogP contribution in [0.15, 0.2) is 52.9 Å². The number of carbonyl (C=O) groups excluding carboxylic acids is 1. The van der Waals surface area contributed by atoms with Gasteiger partial charge in [-0.1, -0.05) is 48.0 Å². The summed E-state index contributed by atoms with van der Waals surface area (Å²) in [5.41, 5.74) is 2.57. The average molecular weight is 356 g/mol. The second kappa shape index (κ2) is 7.49. The number of amides is 1. The molecule has 1 unspecified atom stereocenters. The van der Waals surface area contributed by atoms with Crippen molar-refractivity contribution in [3.63, 3.8) is 0 Å². The van der Waals surface area contributed by atoms with Gasteiger partial charge < -0.3 is 9.73 Å².